The lowest BCUT2D eigenvalue weighted by atomic mass is 10.3. The number of nitrogens with zero attached hydrogens (tertiary/aromatic N) is 5. The number of aromatic nitrogens is 4. The Bertz CT molecular complexity index is 504. The van der Waals surface area contributed by atoms with E-state index in [4.69, 9.17) is 0 Å². The highest BCUT2D eigenvalue weighted by Crippen LogP contribution is 2.12. The standard InChI is InChI=1S/C11H18N6/c1-8(7-16(3)4)13-10-11-15-14-9(2)17(11)6-5-12-10/h5-6,8H,7H2,1-4H3,(H,12,13). The van der Waals surface area contributed by atoms with Crippen molar-refractivity contribution < 1.29 is 0 Å². The van der Waals surface area contributed by atoms with E-state index in [1.807, 2.05) is 31.6 Å². The van der Waals surface area contributed by atoms with Gasteiger partial charge in [-0.15, -0.1) is 10.2 Å². The summed E-state index contributed by atoms with van der Waals surface area (Å²) >= 11 is 0. The second kappa shape index (κ2) is 4.67. The lowest BCUT2D eigenvalue weighted by Gasteiger charge is -2.18. The van der Waals surface area contributed by atoms with Gasteiger partial charge in [0.1, 0.15) is 5.82 Å². The molecule has 0 aliphatic rings. The zero-order chi connectivity index (χ0) is 12.4. The molecule has 0 spiro atoms. The van der Waals surface area contributed by atoms with Crippen molar-refractivity contribution in [2.45, 2.75) is 19.9 Å². The molecule has 92 valence electrons. The predicted octanol–water partition coefficient (Wildman–Crippen LogP) is 0.795. The molecule has 2 aromatic heterocycles. The van der Waals surface area contributed by atoms with Crippen LogP contribution in [0, 0.1) is 6.92 Å². The summed E-state index contributed by atoms with van der Waals surface area (Å²) in [6, 6.07) is 0.306. The van der Waals surface area contributed by atoms with E-state index in [1.54, 1.807) is 6.20 Å². The zero-order valence-corrected chi connectivity index (χ0v) is 10.7. The van der Waals surface area contributed by atoms with Gasteiger partial charge in [0.05, 0.1) is 0 Å². The average Bonchev–Trinajstić information content (AvgIpc) is 2.61. The van der Waals surface area contributed by atoms with Gasteiger partial charge in [-0.3, -0.25) is 4.40 Å². The van der Waals surface area contributed by atoms with Crippen LogP contribution < -0.4 is 5.32 Å². The van der Waals surface area contributed by atoms with E-state index in [1.165, 1.54) is 0 Å². The molecule has 0 radical (unpaired) electrons. The van der Waals surface area contributed by atoms with Gasteiger partial charge in [0.2, 0.25) is 5.65 Å². The summed E-state index contributed by atoms with van der Waals surface area (Å²) < 4.78 is 1.93. The Morgan fingerprint density at radius 2 is 2.18 bits per heavy atom. The van der Waals surface area contributed by atoms with Crippen molar-refractivity contribution in [3.63, 3.8) is 0 Å². The van der Waals surface area contributed by atoms with E-state index in [0.29, 0.717) is 6.04 Å². The lowest BCUT2D eigenvalue weighted by Crippen LogP contribution is -2.30. The van der Waals surface area contributed by atoms with Gasteiger partial charge in [-0.05, 0) is 27.9 Å². The largest absolute Gasteiger partial charge is 0.363 e. The van der Waals surface area contributed by atoms with Crippen molar-refractivity contribution >= 4 is 11.5 Å². The Morgan fingerprint density at radius 1 is 1.41 bits per heavy atom. The highest BCUT2D eigenvalue weighted by molar-refractivity contribution is 5.62. The van der Waals surface area contributed by atoms with E-state index in [9.17, 15) is 0 Å². The average molecular weight is 234 g/mol. The molecular weight excluding hydrogens is 216 g/mol. The monoisotopic (exact) mass is 234 g/mol. The molecule has 0 saturated carbocycles. The number of likely N-dealkylation sites (N-methyl/N-ethyl adjacent to an activating group) is 1. The first-order valence-electron chi connectivity index (χ1n) is 5.65. The van der Waals surface area contributed by atoms with Gasteiger partial charge in [0.15, 0.2) is 5.82 Å². The molecule has 2 aromatic rings. The zero-order valence-electron chi connectivity index (χ0n) is 10.7. The Kier molecular flexibility index (Phi) is 3.23. The Hall–Kier alpha value is -1.69. The van der Waals surface area contributed by atoms with Crippen molar-refractivity contribution in [1.82, 2.24) is 24.5 Å². The topological polar surface area (TPSA) is 58.4 Å². The van der Waals surface area contributed by atoms with Crippen LogP contribution in [0.3, 0.4) is 0 Å². The minimum Gasteiger partial charge on any atom is -0.363 e. The van der Waals surface area contributed by atoms with E-state index in [-0.39, 0.29) is 0 Å². The third-order valence-corrected chi connectivity index (χ3v) is 2.52. The highest BCUT2D eigenvalue weighted by atomic mass is 15.3. The summed E-state index contributed by atoms with van der Waals surface area (Å²) in [5.41, 5.74) is 0.774. The molecule has 0 amide bonds. The summed E-state index contributed by atoms with van der Waals surface area (Å²) in [5, 5.41) is 11.5. The molecule has 6 heteroatoms. The maximum atomic E-state index is 4.31. The van der Waals surface area contributed by atoms with Crippen LogP contribution in [0.2, 0.25) is 0 Å². The number of anilines is 1. The fourth-order valence-corrected chi connectivity index (χ4v) is 1.87. The molecule has 0 aromatic carbocycles. The number of aryl methyl sites for hydroxylation is 1. The molecule has 6 nitrogen and oxygen atoms in total. The SMILES string of the molecule is Cc1nnc2c(NC(C)CN(C)C)nccn12. The third-order valence-electron chi connectivity index (χ3n) is 2.52. The molecule has 0 saturated heterocycles. The molecule has 1 N–H and O–H groups in total. The van der Waals surface area contributed by atoms with Gasteiger partial charge in [-0.25, -0.2) is 4.98 Å². The quantitative estimate of drug-likeness (QED) is 0.847. The van der Waals surface area contributed by atoms with Crippen LogP contribution in [0.1, 0.15) is 12.7 Å². The molecule has 0 fully saturated rings. The van der Waals surface area contributed by atoms with Crippen molar-refractivity contribution in [2.24, 2.45) is 0 Å². The number of hydrogen-bond acceptors (Lipinski definition) is 5. The molecule has 0 aliphatic heterocycles. The van der Waals surface area contributed by atoms with Crippen molar-refractivity contribution in [3.05, 3.63) is 18.2 Å². The van der Waals surface area contributed by atoms with E-state index < -0.39 is 0 Å². The summed E-state index contributed by atoms with van der Waals surface area (Å²) in [6.45, 7) is 4.98. The maximum absolute atomic E-state index is 4.31. The molecule has 1 unspecified atom stereocenters. The normalized spacial score (nSPS) is 13.2. The van der Waals surface area contributed by atoms with E-state index in [2.05, 4.69) is 32.3 Å². The summed E-state index contributed by atoms with van der Waals surface area (Å²) in [5.74, 6) is 1.65. The van der Waals surface area contributed by atoms with Crippen LogP contribution in [0.25, 0.3) is 5.65 Å². The minimum atomic E-state index is 0.306. The molecule has 0 aliphatic carbocycles. The summed E-state index contributed by atoms with van der Waals surface area (Å²) in [6.07, 6.45) is 3.63. The fourth-order valence-electron chi connectivity index (χ4n) is 1.87. The first kappa shape index (κ1) is 11.8. The van der Waals surface area contributed by atoms with Gasteiger partial charge in [0, 0.05) is 25.0 Å². The first-order chi connectivity index (χ1) is 8.08. The van der Waals surface area contributed by atoms with Crippen LogP contribution in [-0.4, -0.2) is 51.2 Å². The molecule has 0 bridgehead atoms. The van der Waals surface area contributed by atoms with Crippen LogP contribution in [0.15, 0.2) is 12.4 Å². The van der Waals surface area contributed by atoms with Crippen LogP contribution >= 0.6 is 0 Å². The minimum absolute atomic E-state index is 0.306. The maximum Gasteiger partial charge on any atom is 0.203 e. The second-order valence-electron chi connectivity index (χ2n) is 4.52. The van der Waals surface area contributed by atoms with Gasteiger partial charge in [-0.1, -0.05) is 0 Å². The van der Waals surface area contributed by atoms with Gasteiger partial charge >= 0.3 is 0 Å². The van der Waals surface area contributed by atoms with Crippen LogP contribution in [0.4, 0.5) is 5.82 Å². The van der Waals surface area contributed by atoms with Crippen molar-refractivity contribution in [1.29, 1.82) is 0 Å². The van der Waals surface area contributed by atoms with Gasteiger partial charge in [0.25, 0.3) is 0 Å². The van der Waals surface area contributed by atoms with Crippen LogP contribution in [-0.2, 0) is 0 Å². The van der Waals surface area contributed by atoms with Gasteiger partial charge in [-0.2, -0.15) is 0 Å². The Morgan fingerprint density at radius 3 is 2.88 bits per heavy atom. The Balaban J connectivity index is 2.24. The van der Waals surface area contributed by atoms with Crippen molar-refractivity contribution in [3.8, 4) is 0 Å². The molecular formula is C11H18N6. The van der Waals surface area contributed by atoms with Gasteiger partial charge < -0.3 is 10.2 Å². The number of nitrogens with one attached hydrogen (secondary N) is 1. The van der Waals surface area contributed by atoms with Crippen LogP contribution in [0.5, 0.6) is 0 Å². The highest BCUT2D eigenvalue weighted by Gasteiger charge is 2.10. The molecule has 17 heavy (non-hydrogen) atoms. The third kappa shape index (κ3) is 2.52. The fraction of sp³-hybridized carbons (Fsp3) is 0.545. The second-order valence-corrected chi connectivity index (χ2v) is 4.52. The van der Waals surface area contributed by atoms with Crippen molar-refractivity contribution in [2.75, 3.05) is 26.0 Å². The Labute approximate surface area is 101 Å². The molecule has 1 atom stereocenters. The van der Waals surface area contributed by atoms with E-state index >= 15 is 0 Å². The lowest BCUT2D eigenvalue weighted by molar-refractivity contribution is 0.392. The first-order valence-corrected chi connectivity index (χ1v) is 5.65. The molecule has 2 rings (SSSR count). The number of fused-ring (bicyclic) bond motifs is 1. The summed E-state index contributed by atoms with van der Waals surface area (Å²) in [7, 11) is 4.10. The number of rotatable bonds is 4. The summed E-state index contributed by atoms with van der Waals surface area (Å²) in [4.78, 5) is 6.45. The molecule has 2 heterocycles. The predicted molar refractivity (Wildman–Crippen MR) is 67.2 cm³/mol. The van der Waals surface area contributed by atoms with E-state index in [0.717, 1.165) is 23.8 Å². The number of hydrogen-bond donors (Lipinski definition) is 1. The smallest absolute Gasteiger partial charge is 0.203 e.